The van der Waals surface area contributed by atoms with Gasteiger partial charge in [-0.1, -0.05) is 12.2 Å². The average Bonchev–Trinajstić information content (AvgIpc) is 2.53. The molecule has 1 heterocycles. The number of allylic oxidation sites excluding steroid dienone is 1. The second-order valence-corrected chi connectivity index (χ2v) is 5.80. The Morgan fingerprint density at radius 2 is 2.00 bits per heavy atom. The minimum atomic E-state index is -3.92. The van der Waals surface area contributed by atoms with Gasteiger partial charge in [-0.3, -0.25) is 9.59 Å². The second kappa shape index (κ2) is 4.45. The van der Waals surface area contributed by atoms with E-state index >= 15 is 0 Å². The van der Waals surface area contributed by atoms with Gasteiger partial charge >= 0.3 is 0 Å². The van der Waals surface area contributed by atoms with Gasteiger partial charge in [-0.05, 0) is 6.42 Å². The molecule has 1 aliphatic carbocycles. The lowest BCUT2D eigenvalue weighted by molar-refractivity contribution is -0.166. The molecule has 2 aliphatic rings. The number of ether oxygens (including phenoxy) is 1. The number of imide groups is 1. The average molecular weight is 275 g/mol. The van der Waals surface area contributed by atoms with Crippen LogP contribution in [0.25, 0.3) is 0 Å². The summed E-state index contributed by atoms with van der Waals surface area (Å²) in [6.07, 6.45) is 4.05. The predicted octanol–water partition coefficient (Wildman–Crippen LogP) is -0.546. The Hall–Kier alpha value is -1.25. The molecule has 0 N–H and O–H groups in total. The van der Waals surface area contributed by atoms with Gasteiger partial charge in [0.2, 0.25) is 0 Å². The third-order valence-corrected chi connectivity index (χ3v) is 3.41. The lowest BCUT2D eigenvalue weighted by Gasteiger charge is -2.24. The van der Waals surface area contributed by atoms with Crippen LogP contribution in [0.15, 0.2) is 12.2 Å². The van der Waals surface area contributed by atoms with Gasteiger partial charge in [-0.15, -0.1) is 9.35 Å². The van der Waals surface area contributed by atoms with Crippen LogP contribution in [0, 0.1) is 11.8 Å². The van der Waals surface area contributed by atoms with E-state index < -0.39 is 39.9 Å². The Labute approximate surface area is 104 Å². The van der Waals surface area contributed by atoms with Crippen LogP contribution in [0.2, 0.25) is 0 Å². The maximum atomic E-state index is 12.0. The van der Waals surface area contributed by atoms with Gasteiger partial charge in [-0.25, -0.2) is 0 Å². The molecular weight excluding hydrogens is 262 g/mol. The highest BCUT2D eigenvalue weighted by molar-refractivity contribution is 7.85. The molecule has 0 radical (unpaired) electrons. The number of carbonyl (C=O) groups is 2. The Morgan fingerprint density at radius 3 is 2.56 bits per heavy atom. The van der Waals surface area contributed by atoms with Crippen LogP contribution in [-0.2, 0) is 28.7 Å². The molecule has 100 valence electrons. The molecular formula is C10H13NO6S. The van der Waals surface area contributed by atoms with E-state index in [1.165, 1.54) is 7.11 Å². The third kappa shape index (κ3) is 2.18. The summed E-state index contributed by atoms with van der Waals surface area (Å²) < 4.78 is 31.6. The summed E-state index contributed by atoms with van der Waals surface area (Å²) >= 11 is 0. The van der Waals surface area contributed by atoms with Gasteiger partial charge in [0.1, 0.15) is 0 Å². The Kier molecular flexibility index (Phi) is 3.26. The van der Waals surface area contributed by atoms with Gasteiger partial charge in [0, 0.05) is 7.11 Å². The molecule has 7 nitrogen and oxygen atoms in total. The number of rotatable bonds is 3. The lowest BCUT2D eigenvalue weighted by atomic mass is 9.83. The zero-order valence-corrected chi connectivity index (χ0v) is 10.7. The monoisotopic (exact) mass is 275 g/mol. The van der Waals surface area contributed by atoms with Crippen molar-refractivity contribution in [2.75, 3.05) is 13.4 Å². The summed E-state index contributed by atoms with van der Waals surface area (Å²) in [5, 5.41) is 0.337. The molecule has 1 saturated heterocycles. The van der Waals surface area contributed by atoms with Crippen LogP contribution in [0.3, 0.4) is 0 Å². The van der Waals surface area contributed by atoms with Gasteiger partial charge in [0.25, 0.3) is 21.9 Å². The van der Waals surface area contributed by atoms with Crippen LogP contribution in [0.1, 0.15) is 6.42 Å². The molecule has 0 bridgehead atoms. The fourth-order valence-corrected chi connectivity index (χ4v) is 2.67. The molecule has 0 spiro atoms. The number of carbonyl (C=O) groups excluding carboxylic acids is 2. The number of fused-ring (bicyclic) bond motifs is 1. The first kappa shape index (κ1) is 13.2. The highest BCUT2D eigenvalue weighted by Gasteiger charge is 2.53. The molecule has 2 amide bonds. The fourth-order valence-electron chi connectivity index (χ4n) is 2.25. The zero-order chi connectivity index (χ0) is 13.5. The molecule has 8 heteroatoms. The molecule has 0 aromatic carbocycles. The highest BCUT2D eigenvalue weighted by Crippen LogP contribution is 2.36. The minimum absolute atomic E-state index is 0.337. The van der Waals surface area contributed by atoms with Crippen LogP contribution in [0.5, 0.6) is 0 Å². The topological polar surface area (TPSA) is 90.0 Å². The molecule has 0 aromatic heterocycles. The van der Waals surface area contributed by atoms with Crippen molar-refractivity contribution >= 4 is 21.9 Å². The van der Waals surface area contributed by atoms with Crippen LogP contribution in [0.4, 0.5) is 0 Å². The summed E-state index contributed by atoms with van der Waals surface area (Å²) in [6, 6.07) is 0. The largest absolute Gasteiger partial charge is 0.377 e. The number of hydroxylamine groups is 2. The van der Waals surface area contributed by atoms with E-state index in [2.05, 4.69) is 4.28 Å². The van der Waals surface area contributed by atoms with E-state index in [9.17, 15) is 18.0 Å². The van der Waals surface area contributed by atoms with Crippen molar-refractivity contribution in [1.82, 2.24) is 5.06 Å². The number of hydrogen-bond acceptors (Lipinski definition) is 6. The SMILES string of the molecule is COC1C=CCC2C(=O)N(OS(C)(=O)=O)C(=O)C12. The Balaban J connectivity index is 2.29. The first-order valence-corrected chi connectivity index (χ1v) is 7.13. The minimum Gasteiger partial charge on any atom is -0.377 e. The normalized spacial score (nSPS) is 31.9. The molecule has 18 heavy (non-hydrogen) atoms. The standard InChI is InChI=1S/C10H13NO6S/c1-16-7-5-3-4-6-8(7)10(13)11(9(6)12)17-18(2,14)15/h3,5-8H,4H2,1-2H3. The molecule has 2 rings (SSSR count). The zero-order valence-electron chi connectivity index (χ0n) is 9.90. The molecule has 1 aliphatic heterocycles. The van der Waals surface area contributed by atoms with Gasteiger partial charge in [0.15, 0.2) is 0 Å². The highest BCUT2D eigenvalue weighted by atomic mass is 32.2. The van der Waals surface area contributed by atoms with E-state index in [1.54, 1.807) is 12.2 Å². The van der Waals surface area contributed by atoms with E-state index in [-0.39, 0.29) is 0 Å². The van der Waals surface area contributed by atoms with Crippen molar-refractivity contribution in [2.24, 2.45) is 11.8 Å². The summed E-state index contributed by atoms with van der Waals surface area (Å²) in [5.74, 6) is -2.64. The number of hydrogen-bond donors (Lipinski definition) is 0. The van der Waals surface area contributed by atoms with Crippen LogP contribution in [-0.4, -0.2) is 44.8 Å². The quantitative estimate of drug-likeness (QED) is 0.507. The number of nitrogens with zero attached hydrogens (tertiary/aromatic N) is 1. The lowest BCUT2D eigenvalue weighted by Crippen LogP contribution is -2.36. The molecule has 1 fully saturated rings. The Bertz CT molecular complexity index is 510. The summed E-state index contributed by atoms with van der Waals surface area (Å²) in [4.78, 5) is 23.9. The fraction of sp³-hybridized carbons (Fsp3) is 0.600. The van der Waals surface area contributed by atoms with E-state index in [1.807, 2.05) is 0 Å². The summed E-state index contributed by atoms with van der Waals surface area (Å²) in [5.41, 5.74) is 0. The predicted molar refractivity (Wildman–Crippen MR) is 59.3 cm³/mol. The van der Waals surface area contributed by atoms with Gasteiger partial charge in [0.05, 0.1) is 24.2 Å². The number of methoxy groups -OCH3 is 1. The van der Waals surface area contributed by atoms with Crippen LogP contribution < -0.4 is 0 Å². The van der Waals surface area contributed by atoms with E-state index in [4.69, 9.17) is 4.74 Å². The first-order valence-electron chi connectivity index (χ1n) is 5.32. The maximum absolute atomic E-state index is 12.0. The molecule has 0 saturated carbocycles. The van der Waals surface area contributed by atoms with Gasteiger partial charge < -0.3 is 4.74 Å². The number of amides is 2. The first-order chi connectivity index (χ1) is 8.35. The Morgan fingerprint density at radius 1 is 1.33 bits per heavy atom. The second-order valence-electron chi connectivity index (χ2n) is 4.25. The smallest absolute Gasteiger partial charge is 0.285 e. The molecule has 0 aromatic rings. The van der Waals surface area contributed by atoms with Crippen molar-refractivity contribution in [3.05, 3.63) is 12.2 Å². The molecule has 3 atom stereocenters. The van der Waals surface area contributed by atoms with Crippen molar-refractivity contribution in [1.29, 1.82) is 0 Å². The van der Waals surface area contributed by atoms with Crippen molar-refractivity contribution < 1.29 is 27.0 Å². The van der Waals surface area contributed by atoms with Crippen molar-refractivity contribution in [2.45, 2.75) is 12.5 Å². The van der Waals surface area contributed by atoms with Gasteiger partial charge in [-0.2, -0.15) is 8.42 Å². The van der Waals surface area contributed by atoms with Crippen molar-refractivity contribution in [3.8, 4) is 0 Å². The third-order valence-electron chi connectivity index (χ3n) is 2.99. The van der Waals surface area contributed by atoms with Crippen LogP contribution >= 0.6 is 0 Å². The van der Waals surface area contributed by atoms with Crippen molar-refractivity contribution in [3.63, 3.8) is 0 Å². The van der Waals surface area contributed by atoms with E-state index in [0.717, 1.165) is 6.26 Å². The maximum Gasteiger partial charge on any atom is 0.285 e. The molecule has 3 unspecified atom stereocenters. The van der Waals surface area contributed by atoms with E-state index in [0.29, 0.717) is 11.5 Å². The summed E-state index contributed by atoms with van der Waals surface area (Å²) in [7, 11) is -2.49. The summed E-state index contributed by atoms with van der Waals surface area (Å²) in [6.45, 7) is 0.